The van der Waals surface area contributed by atoms with E-state index in [-0.39, 0.29) is 12.5 Å². The molecule has 1 amide bonds. The number of hydrogen-bond donors (Lipinski definition) is 1. The summed E-state index contributed by atoms with van der Waals surface area (Å²) in [5.41, 5.74) is 9.44. The van der Waals surface area contributed by atoms with Gasteiger partial charge in [-0.3, -0.25) is 4.79 Å². The van der Waals surface area contributed by atoms with E-state index in [1.807, 2.05) is 12.1 Å². The summed E-state index contributed by atoms with van der Waals surface area (Å²) in [4.78, 5) is 12.1. The number of hydrogen-bond acceptors (Lipinski definition) is 3. The molecule has 0 aliphatic rings. The van der Waals surface area contributed by atoms with Crippen LogP contribution in [0.5, 0.6) is 5.75 Å². The molecule has 0 aliphatic carbocycles. The molecule has 5 nitrogen and oxygen atoms in total. The highest BCUT2D eigenvalue weighted by Crippen LogP contribution is 2.28. The van der Waals surface area contributed by atoms with Crippen LogP contribution in [0.4, 0.5) is 0 Å². The molecule has 0 saturated heterocycles. The van der Waals surface area contributed by atoms with E-state index in [1.54, 1.807) is 12.3 Å². The number of hydrazone groups is 1. The molecule has 3 aromatic rings. The zero-order valence-corrected chi connectivity index (χ0v) is 21.2. The lowest BCUT2D eigenvalue weighted by atomic mass is 10.1. The minimum absolute atomic E-state index is 0.125. The van der Waals surface area contributed by atoms with E-state index >= 15 is 0 Å². The Morgan fingerprint density at radius 3 is 2.65 bits per heavy atom. The summed E-state index contributed by atoms with van der Waals surface area (Å²) >= 11 is 6.80. The Kier molecular flexibility index (Phi) is 7.73. The quantitative estimate of drug-likeness (QED) is 0.291. The van der Waals surface area contributed by atoms with Crippen LogP contribution in [0.2, 0.25) is 0 Å². The van der Waals surface area contributed by atoms with Gasteiger partial charge in [-0.1, -0.05) is 41.1 Å². The number of rotatable bonds is 7. The zero-order chi connectivity index (χ0) is 22.5. The Bertz CT molecular complexity index is 1140. The second-order valence-electron chi connectivity index (χ2n) is 7.25. The van der Waals surface area contributed by atoms with Crippen molar-refractivity contribution in [1.82, 2.24) is 9.99 Å². The minimum atomic E-state index is -0.327. The Labute approximate surface area is 199 Å². The summed E-state index contributed by atoms with van der Waals surface area (Å²) in [5, 5.41) is 4.13. The average Bonchev–Trinajstić information content (AvgIpc) is 3.00. The zero-order valence-electron chi connectivity index (χ0n) is 18.0. The topological polar surface area (TPSA) is 55.6 Å². The summed E-state index contributed by atoms with van der Waals surface area (Å²) in [6, 6.07) is 14.0. The van der Waals surface area contributed by atoms with Crippen LogP contribution < -0.4 is 10.2 Å². The summed E-state index contributed by atoms with van der Waals surface area (Å²) < 4.78 is 9.50. The number of nitrogens with one attached hydrogen (secondary N) is 1. The van der Waals surface area contributed by atoms with E-state index in [4.69, 9.17) is 4.74 Å². The number of carbonyl (C=O) groups excluding carboxylic acids is 1. The van der Waals surface area contributed by atoms with E-state index in [9.17, 15) is 4.79 Å². The Balaban J connectivity index is 1.70. The Morgan fingerprint density at radius 2 is 1.94 bits per heavy atom. The van der Waals surface area contributed by atoms with Crippen molar-refractivity contribution in [2.24, 2.45) is 5.10 Å². The van der Waals surface area contributed by atoms with Gasteiger partial charge in [0.2, 0.25) is 0 Å². The second-order valence-corrected chi connectivity index (χ2v) is 9.02. The number of amides is 1. The number of ether oxygens (including phenoxy) is 1. The van der Waals surface area contributed by atoms with E-state index < -0.39 is 0 Å². The van der Waals surface area contributed by atoms with Crippen molar-refractivity contribution >= 4 is 44.0 Å². The van der Waals surface area contributed by atoms with Crippen molar-refractivity contribution in [2.45, 2.75) is 34.1 Å². The number of nitrogens with zero attached hydrogens (tertiary/aromatic N) is 2. The molecule has 0 spiro atoms. The molecule has 31 heavy (non-hydrogen) atoms. The van der Waals surface area contributed by atoms with Gasteiger partial charge in [0.15, 0.2) is 6.61 Å². The standard InChI is InChI=1S/C24H25Br2N3O2/c1-5-18-8-6-7-15(2)24(18)29-16(3)11-19(17(29)4)13-27-28-23(30)14-31-22-10-9-20(25)12-21(22)26/h6-13H,5,14H2,1-4H3,(H,28,30)/b27-13+. The molecule has 1 heterocycles. The van der Waals surface area contributed by atoms with E-state index in [0.717, 1.165) is 32.3 Å². The monoisotopic (exact) mass is 545 g/mol. The van der Waals surface area contributed by atoms with Crippen LogP contribution in [-0.2, 0) is 11.2 Å². The Hall–Kier alpha value is -2.38. The number of carbonyl (C=O) groups is 1. The average molecular weight is 547 g/mol. The maximum Gasteiger partial charge on any atom is 0.277 e. The van der Waals surface area contributed by atoms with Gasteiger partial charge in [-0.25, -0.2) is 5.43 Å². The van der Waals surface area contributed by atoms with E-state index in [2.05, 4.69) is 98.9 Å². The highest BCUT2D eigenvalue weighted by Gasteiger charge is 2.14. The highest BCUT2D eigenvalue weighted by molar-refractivity contribution is 9.11. The number of para-hydroxylation sites is 1. The third-order valence-electron chi connectivity index (χ3n) is 5.04. The first-order chi connectivity index (χ1) is 14.8. The van der Waals surface area contributed by atoms with Crippen molar-refractivity contribution < 1.29 is 9.53 Å². The SMILES string of the molecule is CCc1cccc(C)c1-n1c(C)cc(/C=N/NC(=O)COc2ccc(Br)cc2Br)c1C. The molecular formula is C24H25Br2N3O2. The number of benzene rings is 2. The van der Waals surface area contributed by atoms with E-state index in [1.165, 1.54) is 16.8 Å². The van der Waals surface area contributed by atoms with Gasteiger partial charge in [-0.05, 0) is 78.5 Å². The second kappa shape index (κ2) is 10.3. The van der Waals surface area contributed by atoms with Gasteiger partial charge in [0.1, 0.15) is 5.75 Å². The van der Waals surface area contributed by atoms with Crippen molar-refractivity contribution in [3.8, 4) is 11.4 Å². The first-order valence-corrected chi connectivity index (χ1v) is 11.6. The van der Waals surface area contributed by atoms with Crippen LogP contribution in [0.15, 0.2) is 56.5 Å². The molecule has 2 aromatic carbocycles. The molecule has 0 unspecified atom stereocenters. The molecule has 0 atom stereocenters. The van der Waals surface area contributed by atoms with Gasteiger partial charge < -0.3 is 9.30 Å². The summed E-state index contributed by atoms with van der Waals surface area (Å²) in [6.07, 6.45) is 2.64. The van der Waals surface area contributed by atoms with Crippen LogP contribution >= 0.6 is 31.9 Å². The van der Waals surface area contributed by atoms with E-state index in [0.29, 0.717) is 5.75 Å². The van der Waals surface area contributed by atoms with Gasteiger partial charge >= 0.3 is 0 Å². The molecule has 1 N–H and O–H groups in total. The largest absolute Gasteiger partial charge is 0.483 e. The van der Waals surface area contributed by atoms with Gasteiger partial charge in [0, 0.05) is 21.4 Å². The molecule has 0 saturated carbocycles. The third-order valence-corrected chi connectivity index (χ3v) is 6.15. The fraction of sp³-hybridized carbons (Fsp3) is 0.250. The maximum atomic E-state index is 12.1. The predicted molar refractivity (Wildman–Crippen MR) is 132 cm³/mol. The molecule has 7 heteroatoms. The molecule has 162 valence electrons. The van der Waals surface area contributed by atoms with Crippen molar-refractivity contribution in [2.75, 3.05) is 6.61 Å². The molecule has 3 rings (SSSR count). The summed E-state index contributed by atoms with van der Waals surface area (Å²) in [5.74, 6) is 0.267. The van der Waals surface area contributed by atoms with Gasteiger partial charge in [-0.15, -0.1) is 0 Å². The molecule has 0 bridgehead atoms. The molecular weight excluding hydrogens is 522 g/mol. The van der Waals surface area contributed by atoms with Gasteiger partial charge in [-0.2, -0.15) is 5.10 Å². The maximum absolute atomic E-state index is 12.1. The lowest BCUT2D eigenvalue weighted by Gasteiger charge is -2.17. The van der Waals surface area contributed by atoms with Crippen molar-refractivity contribution in [3.63, 3.8) is 0 Å². The first-order valence-electron chi connectivity index (χ1n) is 9.99. The van der Waals surface area contributed by atoms with Crippen molar-refractivity contribution in [3.05, 3.63) is 79.5 Å². The van der Waals surface area contributed by atoms with Crippen LogP contribution in [-0.4, -0.2) is 23.3 Å². The lowest BCUT2D eigenvalue weighted by Crippen LogP contribution is -2.24. The number of aryl methyl sites for hydroxylation is 3. The molecule has 0 aliphatic heterocycles. The van der Waals surface area contributed by atoms with Gasteiger partial charge in [0.05, 0.1) is 16.4 Å². The molecule has 0 fully saturated rings. The first kappa shape index (κ1) is 23.3. The van der Waals surface area contributed by atoms with Crippen LogP contribution in [0.1, 0.15) is 35.0 Å². The summed E-state index contributed by atoms with van der Waals surface area (Å²) in [7, 11) is 0. The fourth-order valence-electron chi connectivity index (χ4n) is 3.53. The van der Waals surface area contributed by atoms with Gasteiger partial charge in [0.25, 0.3) is 5.91 Å². The number of halogens is 2. The van der Waals surface area contributed by atoms with Crippen LogP contribution in [0.25, 0.3) is 5.69 Å². The Morgan fingerprint density at radius 1 is 1.16 bits per heavy atom. The lowest BCUT2D eigenvalue weighted by molar-refractivity contribution is -0.123. The minimum Gasteiger partial charge on any atom is -0.483 e. The smallest absolute Gasteiger partial charge is 0.277 e. The molecule has 1 aromatic heterocycles. The number of aromatic nitrogens is 1. The van der Waals surface area contributed by atoms with Crippen molar-refractivity contribution in [1.29, 1.82) is 0 Å². The van der Waals surface area contributed by atoms with Crippen LogP contribution in [0, 0.1) is 20.8 Å². The highest BCUT2D eigenvalue weighted by atomic mass is 79.9. The normalized spacial score (nSPS) is 11.2. The third kappa shape index (κ3) is 5.46. The van der Waals surface area contributed by atoms with Crippen LogP contribution in [0.3, 0.4) is 0 Å². The summed E-state index contributed by atoms with van der Waals surface area (Å²) in [6.45, 7) is 8.32. The fourth-order valence-corrected chi connectivity index (χ4v) is 4.69. The molecule has 0 radical (unpaired) electrons. The predicted octanol–water partition coefficient (Wildman–Crippen LogP) is 6.02.